The molecule has 12 heavy (non-hydrogen) atoms. The number of rotatable bonds is 2. The molecule has 0 aliphatic carbocycles. The van der Waals surface area contributed by atoms with Crippen molar-refractivity contribution in [3.63, 3.8) is 0 Å². The van der Waals surface area contributed by atoms with Crippen molar-refractivity contribution in [3.8, 4) is 0 Å². The average molecular weight is 171 g/mol. The molecule has 1 heterocycles. The van der Waals surface area contributed by atoms with Crippen LogP contribution in [0.2, 0.25) is 0 Å². The van der Waals surface area contributed by atoms with E-state index in [9.17, 15) is 14.4 Å². The van der Waals surface area contributed by atoms with Gasteiger partial charge >= 0.3 is 0 Å². The van der Waals surface area contributed by atoms with Gasteiger partial charge in [-0.3, -0.25) is 14.4 Å². The van der Waals surface area contributed by atoms with Gasteiger partial charge in [0.1, 0.15) is 6.61 Å². The molecule has 0 bridgehead atoms. The van der Waals surface area contributed by atoms with Gasteiger partial charge < -0.3 is 4.74 Å². The summed E-state index contributed by atoms with van der Waals surface area (Å²) in [7, 11) is 1.34. The van der Waals surface area contributed by atoms with Crippen LogP contribution >= 0.6 is 0 Å². The van der Waals surface area contributed by atoms with E-state index < -0.39 is 17.7 Å². The quantitative estimate of drug-likeness (QED) is 0.516. The van der Waals surface area contributed by atoms with E-state index in [2.05, 4.69) is 4.74 Å². The molecule has 0 saturated carbocycles. The van der Waals surface area contributed by atoms with Crippen LogP contribution in [-0.2, 0) is 19.1 Å². The zero-order chi connectivity index (χ0) is 9.14. The van der Waals surface area contributed by atoms with E-state index in [0.717, 1.165) is 0 Å². The molecule has 3 amide bonds. The number of carbonyl (C=O) groups is 3. The highest BCUT2D eigenvalue weighted by Crippen LogP contribution is 2.11. The highest BCUT2D eigenvalue weighted by Gasteiger charge is 2.33. The smallest absolute Gasteiger partial charge is 0.261 e. The molecule has 1 aliphatic rings. The van der Waals surface area contributed by atoms with Crippen LogP contribution in [0.1, 0.15) is 12.8 Å². The molecule has 1 fully saturated rings. The van der Waals surface area contributed by atoms with Crippen molar-refractivity contribution in [1.29, 1.82) is 0 Å². The van der Waals surface area contributed by atoms with Crippen LogP contribution in [0.25, 0.3) is 0 Å². The summed E-state index contributed by atoms with van der Waals surface area (Å²) in [6, 6.07) is 0. The van der Waals surface area contributed by atoms with Gasteiger partial charge in [0.2, 0.25) is 11.8 Å². The molecule has 0 radical (unpaired) electrons. The van der Waals surface area contributed by atoms with Gasteiger partial charge in [-0.1, -0.05) is 0 Å². The molecule has 0 aromatic carbocycles. The van der Waals surface area contributed by atoms with Gasteiger partial charge in [-0.05, 0) is 0 Å². The summed E-state index contributed by atoms with van der Waals surface area (Å²) in [5.74, 6) is -1.44. The maximum atomic E-state index is 11.0. The van der Waals surface area contributed by atoms with Crippen LogP contribution in [-0.4, -0.2) is 36.3 Å². The Morgan fingerprint density at radius 2 is 1.92 bits per heavy atom. The molecule has 0 unspecified atom stereocenters. The van der Waals surface area contributed by atoms with Gasteiger partial charge in [-0.15, -0.1) is 0 Å². The molecule has 0 atom stereocenters. The second kappa shape index (κ2) is 3.44. The van der Waals surface area contributed by atoms with Crippen molar-refractivity contribution in [2.45, 2.75) is 12.8 Å². The maximum Gasteiger partial charge on any atom is 0.261 e. The fourth-order valence-electron chi connectivity index (χ4n) is 1.04. The molecular weight excluding hydrogens is 162 g/mol. The third-order valence-corrected chi connectivity index (χ3v) is 1.57. The second-order valence-corrected chi connectivity index (χ2v) is 2.45. The van der Waals surface area contributed by atoms with E-state index >= 15 is 0 Å². The Morgan fingerprint density at radius 1 is 1.42 bits per heavy atom. The molecule has 66 valence electrons. The number of hydrogen-bond acceptors (Lipinski definition) is 4. The summed E-state index contributed by atoms with van der Waals surface area (Å²) in [5, 5.41) is 0. The van der Waals surface area contributed by atoms with Crippen LogP contribution in [0.3, 0.4) is 0 Å². The van der Waals surface area contributed by atoms with E-state index in [1.165, 1.54) is 7.11 Å². The molecule has 0 spiro atoms. The van der Waals surface area contributed by atoms with Crippen molar-refractivity contribution >= 4 is 17.7 Å². The number of ether oxygens (including phenoxy) is 1. The van der Waals surface area contributed by atoms with Gasteiger partial charge in [-0.25, -0.2) is 4.90 Å². The predicted octanol–water partition coefficient (Wildman–Crippen LogP) is -0.692. The predicted molar refractivity (Wildman–Crippen MR) is 38.0 cm³/mol. The first-order valence-corrected chi connectivity index (χ1v) is 3.54. The fourth-order valence-corrected chi connectivity index (χ4v) is 1.04. The first-order valence-electron chi connectivity index (χ1n) is 3.54. The molecule has 1 aliphatic heterocycles. The number of hydrogen-bond donors (Lipinski definition) is 0. The maximum absolute atomic E-state index is 11.0. The normalized spacial score (nSPS) is 17.2. The van der Waals surface area contributed by atoms with Crippen LogP contribution in [0.5, 0.6) is 0 Å². The number of likely N-dealkylation sites (tertiary alicyclic amines) is 1. The Morgan fingerprint density at radius 3 is 2.33 bits per heavy atom. The number of nitrogens with zero attached hydrogens (tertiary/aromatic N) is 1. The summed E-state index contributed by atoms with van der Waals surface area (Å²) >= 11 is 0. The molecular formula is C7H9NO4. The Labute approximate surface area is 69.3 Å². The van der Waals surface area contributed by atoms with E-state index in [4.69, 9.17) is 0 Å². The number of amides is 3. The number of imide groups is 3. The van der Waals surface area contributed by atoms with Gasteiger partial charge in [0, 0.05) is 20.0 Å². The Hall–Kier alpha value is -1.23. The Bertz CT molecular complexity index is 220. The number of methoxy groups -OCH3 is 1. The van der Waals surface area contributed by atoms with Crippen molar-refractivity contribution in [1.82, 2.24) is 4.90 Å². The summed E-state index contributed by atoms with van der Waals surface area (Å²) in [4.78, 5) is 33.5. The van der Waals surface area contributed by atoms with Crippen LogP contribution < -0.4 is 0 Å². The lowest BCUT2D eigenvalue weighted by Crippen LogP contribution is -2.37. The average Bonchev–Trinajstić information content (AvgIpc) is 2.32. The molecule has 5 nitrogen and oxygen atoms in total. The molecule has 5 heteroatoms. The minimum atomic E-state index is -0.579. The molecule has 0 aromatic heterocycles. The largest absolute Gasteiger partial charge is 0.375 e. The SMILES string of the molecule is COCC(=O)N1C(=O)CCC1=O. The second-order valence-electron chi connectivity index (χ2n) is 2.45. The van der Waals surface area contributed by atoms with E-state index in [-0.39, 0.29) is 19.4 Å². The van der Waals surface area contributed by atoms with Crippen LogP contribution in [0, 0.1) is 0 Å². The summed E-state index contributed by atoms with van der Waals surface area (Å²) in [6.07, 6.45) is 0.266. The zero-order valence-corrected chi connectivity index (χ0v) is 6.70. The van der Waals surface area contributed by atoms with Crippen molar-refractivity contribution in [3.05, 3.63) is 0 Å². The van der Waals surface area contributed by atoms with E-state index in [1.54, 1.807) is 0 Å². The highest BCUT2D eigenvalue weighted by molar-refractivity contribution is 6.15. The monoisotopic (exact) mass is 171 g/mol. The summed E-state index contributed by atoms with van der Waals surface area (Å²) in [6.45, 7) is -0.225. The summed E-state index contributed by atoms with van der Waals surface area (Å²) in [5.41, 5.74) is 0. The van der Waals surface area contributed by atoms with E-state index in [0.29, 0.717) is 4.90 Å². The van der Waals surface area contributed by atoms with Gasteiger partial charge in [-0.2, -0.15) is 0 Å². The van der Waals surface area contributed by atoms with Crippen LogP contribution in [0.15, 0.2) is 0 Å². The molecule has 0 aromatic rings. The molecule has 1 saturated heterocycles. The fraction of sp³-hybridized carbons (Fsp3) is 0.571. The van der Waals surface area contributed by atoms with Crippen molar-refractivity contribution in [2.75, 3.05) is 13.7 Å². The number of carbonyl (C=O) groups excluding carboxylic acids is 3. The Balaban J connectivity index is 2.66. The van der Waals surface area contributed by atoms with Crippen molar-refractivity contribution < 1.29 is 19.1 Å². The van der Waals surface area contributed by atoms with Gasteiger partial charge in [0.05, 0.1) is 0 Å². The van der Waals surface area contributed by atoms with Crippen LogP contribution in [0.4, 0.5) is 0 Å². The topological polar surface area (TPSA) is 63.7 Å². The first-order chi connectivity index (χ1) is 5.66. The Kier molecular flexibility index (Phi) is 2.54. The zero-order valence-electron chi connectivity index (χ0n) is 6.70. The first kappa shape index (κ1) is 8.86. The van der Waals surface area contributed by atoms with E-state index in [1.807, 2.05) is 0 Å². The highest BCUT2D eigenvalue weighted by atomic mass is 16.5. The summed E-state index contributed by atoms with van der Waals surface area (Å²) < 4.78 is 4.52. The minimum absolute atomic E-state index is 0.133. The van der Waals surface area contributed by atoms with Gasteiger partial charge in [0.25, 0.3) is 5.91 Å². The third kappa shape index (κ3) is 1.50. The molecule has 0 N–H and O–H groups in total. The lowest BCUT2D eigenvalue weighted by atomic mass is 10.4. The standard InChI is InChI=1S/C7H9NO4/c1-12-4-7(11)8-5(9)2-3-6(8)10/h2-4H2,1H3. The lowest BCUT2D eigenvalue weighted by molar-refractivity contribution is -0.151. The van der Waals surface area contributed by atoms with Gasteiger partial charge in [0.15, 0.2) is 0 Å². The third-order valence-electron chi connectivity index (χ3n) is 1.57. The lowest BCUT2D eigenvalue weighted by Gasteiger charge is -2.09. The minimum Gasteiger partial charge on any atom is -0.375 e. The molecule has 1 rings (SSSR count). The van der Waals surface area contributed by atoms with Crippen molar-refractivity contribution in [2.24, 2.45) is 0 Å².